The second-order valence-corrected chi connectivity index (χ2v) is 7.19. The topological polar surface area (TPSA) is 24.5 Å². The van der Waals surface area contributed by atoms with Crippen LogP contribution >= 0.6 is 11.3 Å². The molecule has 3 rings (SSSR count). The lowest BCUT2D eigenvalue weighted by Gasteiger charge is -2.41. The molecule has 1 aromatic heterocycles. The molecule has 2 aliphatic rings. The summed E-state index contributed by atoms with van der Waals surface area (Å²) >= 11 is 1.81. The molecule has 1 aliphatic heterocycles. The van der Waals surface area contributed by atoms with Crippen molar-refractivity contribution in [2.75, 3.05) is 33.4 Å². The molecule has 2 fully saturated rings. The maximum absolute atomic E-state index is 5.59. The number of thiophene rings is 1. The van der Waals surface area contributed by atoms with Crippen molar-refractivity contribution in [1.82, 2.24) is 10.2 Å². The summed E-state index contributed by atoms with van der Waals surface area (Å²) in [7, 11) is 2.08. The lowest BCUT2D eigenvalue weighted by Crippen LogP contribution is -2.47. The molecule has 1 N–H and O–H groups in total. The SMILES string of the molecule is CNCC1(CN(Cc2ccsc2)C2CC2)CCOCC1. The Morgan fingerprint density at radius 3 is 2.80 bits per heavy atom. The molecular weight excluding hydrogens is 268 g/mol. The lowest BCUT2D eigenvalue weighted by molar-refractivity contribution is -0.00642. The summed E-state index contributed by atoms with van der Waals surface area (Å²) in [5, 5.41) is 7.91. The van der Waals surface area contributed by atoms with Crippen molar-refractivity contribution in [2.24, 2.45) is 5.41 Å². The van der Waals surface area contributed by atoms with Crippen LogP contribution in [0.4, 0.5) is 0 Å². The van der Waals surface area contributed by atoms with E-state index in [1.165, 1.54) is 37.8 Å². The summed E-state index contributed by atoms with van der Waals surface area (Å²) in [6, 6.07) is 3.10. The van der Waals surface area contributed by atoms with E-state index in [1.807, 2.05) is 11.3 Å². The van der Waals surface area contributed by atoms with Crippen molar-refractivity contribution in [3.8, 4) is 0 Å². The second-order valence-electron chi connectivity index (χ2n) is 6.41. The van der Waals surface area contributed by atoms with Gasteiger partial charge in [0.2, 0.25) is 0 Å². The highest BCUT2D eigenvalue weighted by molar-refractivity contribution is 7.07. The lowest BCUT2D eigenvalue weighted by atomic mass is 9.79. The fourth-order valence-electron chi connectivity index (χ4n) is 3.37. The number of nitrogens with one attached hydrogen (secondary N) is 1. The molecule has 1 saturated carbocycles. The zero-order chi connectivity index (χ0) is 13.8. The van der Waals surface area contributed by atoms with E-state index in [4.69, 9.17) is 4.74 Å². The highest BCUT2D eigenvalue weighted by Crippen LogP contribution is 2.36. The largest absolute Gasteiger partial charge is 0.381 e. The second kappa shape index (κ2) is 6.56. The highest BCUT2D eigenvalue weighted by Gasteiger charge is 2.38. The van der Waals surface area contributed by atoms with Crippen molar-refractivity contribution >= 4 is 11.3 Å². The molecule has 3 nitrogen and oxygen atoms in total. The minimum atomic E-state index is 0.408. The minimum absolute atomic E-state index is 0.408. The van der Waals surface area contributed by atoms with Crippen molar-refractivity contribution in [3.05, 3.63) is 22.4 Å². The Bertz CT molecular complexity index is 391. The Balaban J connectivity index is 1.67. The molecule has 4 heteroatoms. The van der Waals surface area contributed by atoms with Crippen LogP contribution in [0.15, 0.2) is 16.8 Å². The first kappa shape index (κ1) is 14.5. The van der Waals surface area contributed by atoms with Gasteiger partial charge in [-0.05, 0) is 60.5 Å². The average Bonchev–Trinajstić information content (AvgIpc) is 3.18. The van der Waals surface area contributed by atoms with Crippen molar-refractivity contribution in [2.45, 2.75) is 38.3 Å². The van der Waals surface area contributed by atoms with E-state index in [1.54, 1.807) is 0 Å². The molecule has 0 aromatic carbocycles. The highest BCUT2D eigenvalue weighted by atomic mass is 32.1. The van der Waals surface area contributed by atoms with Crippen LogP contribution in [-0.4, -0.2) is 44.3 Å². The predicted octanol–water partition coefficient (Wildman–Crippen LogP) is 2.73. The van der Waals surface area contributed by atoms with Gasteiger partial charge in [-0.2, -0.15) is 11.3 Å². The average molecular weight is 294 g/mol. The molecular formula is C16H26N2OS. The number of hydrogen-bond acceptors (Lipinski definition) is 4. The number of hydrogen-bond donors (Lipinski definition) is 1. The summed E-state index contributed by atoms with van der Waals surface area (Å²) in [4.78, 5) is 2.73. The Morgan fingerprint density at radius 1 is 1.40 bits per heavy atom. The molecule has 2 heterocycles. The van der Waals surface area contributed by atoms with Gasteiger partial charge in [0.15, 0.2) is 0 Å². The molecule has 20 heavy (non-hydrogen) atoms. The van der Waals surface area contributed by atoms with E-state index in [9.17, 15) is 0 Å². The zero-order valence-electron chi connectivity index (χ0n) is 12.4. The summed E-state index contributed by atoms with van der Waals surface area (Å²) < 4.78 is 5.59. The van der Waals surface area contributed by atoms with Crippen LogP contribution in [0, 0.1) is 5.41 Å². The van der Waals surface area contributed by atoms with Gasteiger partial charge in [-0.25, -0.2) is 0 Å². The number of rotatable bonds is 7. The zero-order valence-corrected chi connectivity index (χ0v) is 13.3. The quantitative estimate of drug-likeness (QED) is 0.837. The van der Waals surface area contributed by atoms with Gasteiger partial charge in [-0.1, -0.05) is 0 Å². The van der Waals surface area contributed by atoms with Crippen LogP contribution in [0.25, 0.3) is 0 Å². The first-order chi connectivity index (χ1) is 9.81. The molecule has 0 bridgehead atoms. The van der Waals surface area contributed by atoms with Gasteiger partial charge >= 0.3 is 0 Å². The maximum atomic E-state index is 5.59. The van der Waals surface area contributed by atoms with Gasteiger partial charge in [0.1, 0.15) is 0 Å². The molecule has 1 aliphatic carbocycles. The van der Waals surface area contributed by atoms with E-state index in [0.29, 0.717) is 5.41 Å². The summed E-state index contributed by atoms with van der Waals surface area (Å²) in [6.07, 6.45) is 5.16. The summed E-state index contributed by atoms with van der Waals surface area (Å²) in [5.41, 5.74) is 1.89. The van der Waals surface area contributed by atoms with E-state index in [2.05, 4.69) is 34.1 Å². The normalized spacial score (nSPS) is 22.3. The molecule has 1 saturated heterocycles. The van der Waals surface area contributed by atoms with E-state index >= 15 is 0 Å². The van der Waals surface area contributed by atoms with Crippen LogP contribution in [0.2, 0.25) is 0 Å². The maximum Gasteiger partial charge on any atom is 0.0472 e. The van der Waals surface area contributed by atoms with E-state index in [0.717, 1.165) is 32.3 Å². The Morgan fingerprint density at radius 2 is 2.20 bits per heavy atom. The molecule has 0 amide bonds. The molecule has 0 radical (unpaired) electrons. The molecule has 112 valence electrons. The minimum Gasteiger partial charge on any atom is -0.381 e. The van der Waals surface area contributed by atoms with Crippen LogP contribution in [0.5, 0.6) is 0 Å². The van der Waals surface area contributed by atoms with E-state index < -0.39 is 0 Å². The van der Waals surface area contributed by atoms with Gasteiger partial charge in [0, 0.05) is 38.9 Å². The molecule has 0 unspecified atom stereocenters. The van der Waals surface area contributed by atoms with Gasteiger partial charge in [-0.15, -0.1) is 0 Å². The molecule has 0 atom stereocenters. The molecule has 0 spiro atoms. The Hall–Kier alpha value is -0.420. The van der Waals surface area contributed by atoms with Crippen molar-refractivity contribution in [1.29, 1.82) is 0 Å². The van der Waals surface area contributed by atoms with E-state index in [-0.39, 0.29) is 0 Å². The Kier molecular flexibility index (Phi) is 4.76. The molecule has 1 aromatic rings. The number of nitrogens with zero attached hydrogens (tertiary/aromatic N) is 1. The van der Waals surface area contributed by atoms with Gasteiger partial charge in [0.25, 0.3) is 0 Å². The predicted molar refractivity (Wildman–Crippen MR) is 84.2 cm³/mol. The van der Waals surface area contributed by atoms with Crippen LogP contribution in [0.3, 0.4) is 0 Å². The standard InChI is InChI=1S/C16H26N2OS/c1-17-12-16(5-7-19-8-6-16)13-18(15-2-3-15)10-14-4-9-20-11-14/h4,9,11,15,17H,2-3,5-8,10,12-13H2,1H3. The fraction of sp³-hybridized carbons (Fsp3) is 0.750. The van der Waals surface area contributed by atoms with Crippen molar-refractivity contribution < 1.29 is 4.74 Å². The fourth-order valence-corrected chi connectivity index (χ4v) is 4.03. The van der Waals surface area contributed by atoms with Crippen LogP contribution in [-0.2, 0) is 11.3 Å². The first-order valence-electron chi connectivity index (χ1n) is 7.79. The summed E-state index contributed by atoms with van der Waals surface area (Å²) in [5.74, 6) is 0. The smallest absolute Gasteiger partial charge is 0.0472 e. The summed E-state index contributed by atoms with van der Waals surface area (Å²) in [6.45, 7) is 5.32. The van der Waals surface area contributed by atoms with Crippen LogP contribution in [0.1, 0.15) is 31.2 Å². The monoisotopic (exact) mass is 294 g/mol. The van der Waals surface area contributed by atoms with Crippen LogP contribution < -0.4 is 5.32 Å². The first-order valence-corrected chi connectivity index (χ1v) is 8.73. The third-order valence-electron chi connectivity index (χ3n) is 4.67. The number of ether oxygens (including phenoxy) is 1. The Labute approximate surface area is 126 Å². The van der Waals surface area contributed by atoms with Crippen molar-refractivity contribution in [3.63, 3.8) is 0 Å². The third kappa shape index (κ3) is 3.61. The van der Waals surface area contributed by atoms with Gasteiger partial charge in [-0.3, -0.25) is 4.90 Å². The van der Waals surface area contributed by atoms with Gasteiger partial charge < -0.3 is 10.1 Å². The van der Waals surface area contributed by atoms with Gasteiger partial charge in [0.05, 0.1) is 0 Å². The third-order valence-corrected chi connectivity index (χ3v) is 5.40.